The van der Waals surface area contributed by atoms with Crippen molar-refractivity contribution in [3.63, 3.8) is 0 Å². The van der Waals surface area contributed by atoms with Crippen molar-refractivity contribution < 1.29 is 4.92 Å². The Morgan fingerprint density at radius 3 is 2.76 bits per heavy atom. The van der Waals surface area contributed by atoms with Crippen molar-refractivity contribution in [2.45, 2.75) is 0 Å². The Morgan fingerprint density at radius 2 is 2.00 bits per heavy atom. The summed E-state index contributed by atoms with van der Waals surface area (Å²) in [5, 5.41) is 12.2. The van der Waals surface area contributed by atoms with Crippen LogP contribution in [0.2, 0.25) is 5.02 Å². The molecule has 0 aliphatic carbocycles. The van der Waals surface area contributed by atoms with Crippen molar-refractivity contribution >= 4 is 51.0 Å². The van der Waals surface area contributed by atoms with Crippen molar-refractivity contribution in [3.8, 4) is 0 Å². The minimum atomic E-state index is -0.404. The minimum Gasteiger partial charge on any atom is -0.258 e. The van der Waals surface area contributed by atoms with Crippen LogP contribution in [0, 0.1) is 10.1 Å². The number of halogens is 1. The molecule has 0 saturated heterocycles. The van der Waals surface area contributed by atoms with Crippen molar-refractivity contribution in [3.05, 3.63) is 68.2 Å². The van der Waals surface area contributed by atoms with E-state index in [0.717, 1.165) is 20.8 Å². The summed E-state index contributed by atoms with van der Waals surface area (Å²) in [5.41, 5.74) is 1.74. The molecule has 21 heavy (non-hydrogen) atoms. The summed E-state index contributed by atoms with van der Waals surface area (Å²) in [5.74, 6) is 0. The zero-order valence-corrected chi connectivity index (χ0v) is 12.3. The molecule has 1 heterocycles. The van der Waals surface area contributed by atoms with E-state index in [-0.39, 0.29) is 5.69 Å². The third kappa shape index (κ3) is 2.94. The molecule has 0 unspecified atom stereocenters. The number of rotatable bonds is 3. The molecule has 0 amide bonds. The first kappa shape index (κ1) is 13.7. The zero-order valence-electron chi connectivity index (χ0n) is 10.7. The Labute approximate surface area is 129 Å². The van der Waals surface area contributed by atoms with Gasteiger partial charge in [-0.2, -0.15) is 0 Å². The highest BCUT2D eigenvalue weighted by atomic mass is 35.5. The molecule has 1 aromatic heterocycles. The second-order valence-corrected chi connectivity index (χ2v) is 5.79. The van der Waals surface area contributed by atoms with Crippen molar-refractivity contribution in [2.24, 2.45) is 0 Å². The van der Waals surface area contributed by atoms with Crippen LogP contribution in [0.3, 0.4) is 0 Å². The number of benzene rings is 2. The molecule has 0 aliphatic heterocycles. The lowest BCUT2D eigenvalue weighted by atomic mass is 10.2. The van der Waals surface area contributed by atoms with Crippen LogP contribution in [0.5, 0.6) is 0 Å². The average molecular weight is 317 g/mol. The van der Waals surface area contributed by atoms with Crippen LogP contribution in [0.1, 0.15) is 10.6 Å². The standard InChI is InChI=1S/C15H9ClN2O2S/c16-12-4-2-1-3-10(12)5-8-15-17-13-7-6-11(18(19)20)9-14(13)21-15/h1-9H. The summed E-state index contributed by atoms with van der Waals surface area (Å²) in [4.78, 5) is 14.8. The predicted octanol–water partition coefficient (Wildman–Crippen LogP) is 5.03. The average Bonchev–Trinajstić information content (AvgIpc) is 2.88. The summed E-state index contributed by atoms with van der Waals surface area (Å²) < 4.78 is 0.794. The molecule has 0 fully saturated rings. The van der Waals surface area contributed by atoms with E-state index < -0.39 is 4.92 Å². The van der Waals surface area contributed by atoms with Crippen LogP contribution >= 0.6 is 22.9 Å². The molecule has 3 rings (SSSR count). The summed E-state index contributed by atoms with van der Waals surface area (Å²) in [6.45, 7) is 0. The van der Waals surface area contributed by atoms with Crippen LogP contribution in [0.15, 0.2) is 42.5 Å². The quantitative estimate of drug-likeness (QED) is 0.503. The van der Waals surface area contributed by atoms with Gasteiger partial charge in [-0.1, -0.05) is 35.9 Å². The SMILES string of the molecule is O=[N+]([O-])c1ccc2nc(C=Cc3ccccc3Cl)sc2c1. The maximum atomic E-state index is 10.8. The van der Waals surface area contributed by atoms with Gasteiger partial charge in [0.05, 0.1) is 15.1 Å². The van der Waals surface area contributed by atoms with Crippen molar-refractivity contribution in [1.82, 2.24) is 4.98 Å². The highest BCUT2D eigenvalue weighted by Crippen LogP contribution is 2.27. The number of aromatic nitrogens is 1. The number of non-ortho nitro benzene ring substituents is 1. The molecule has 0 radical (unpaired) electrons. The first-order valence-corrected chi connectivity index (χ1v) is 7.30. The highest BCUT2D eigenvalue weighted by molar-refractivity contribution is 7.19. The third-order valence-electron chi connectivity index (χ3n) is 2.91. The van der Waals surface area contributed by atoms with Gasteiger partial charge in [0.15, 0.2) is 0 Å². The molecule has 104 valence electrons. The van der Waals surface area contributed by atoms with Crippen LogP contribution < -0.4 is 0 Å². The lowest BCUT2D eigenvalue weighted by Gasteiger charge is -1.94. The molecule has 0 N–H and O–H groups in total. The van der Waals surface area contributed by atoms with E-state index in [1.54, 1.807) is 12.1 Å². The number of thiazole rings is 1. The fourth-order valence-electron chi connectivity index (χ4n) is 1.89. The van der Waals surface area contributed by atoms with Crippen LogP contribution in [-0.4, -0.2) is 9.91 Å². The third-order valence-corrected chi connectivity index (χ3v) is 4.24. The van der Waals surface area contributed by atoms with E-state index in [1.165, 1.54) is 17.4 Å². The fourth-order valence-corrected chi connectivity index (χ4v) is 2.99. The second-order valence-electron chi connectivity index (χ2n) is 4.32. The number of hydrogen-bond donors (Lipinski definition) is 0. The van der Waals surface area contributed by atoms with Gasteiger partial charge < -0.3 is 0 Å². The largest absolute Gasteiger partial charge is 0.270 e. The van der Waals surface area contributed by atoms with Crippen molar-refractivity contribution in [1.29, 1.82) is 0 Å². The molecule has 0 aliphatic rings. The van der Waals surface area contributed by atoms with E-state index in [2.05, 4.69) is 4.98 Å². The Balaban J connectivity index is 1.95. The van der Waals surface area contributed by atoms with Crippen LogP contribution in [0.4, 0.5) is 5.69 Å². The second kappa shape index (κ2) is 5.63. The molecule has 0 atom stereocenters. The summed E-state index contributed by atoms with van der Waals surface area (Å²) in [6, 6.07) is 12.2. The highest BCUT2D eigenvalue weighted by Gasteiger charge is 2.09. The molecule has 0 spiro atoms. The van der Waals surface area contributed by atoms with E-state index >= 15 is 0 Å². The topological polar surface area (TPSA) is 56.0 Å². The lowest BCUT2D eigenvalue weighted by molar-refractivity contribution is -0.384. The monoisotopic (exact) mass is 316 g/mol. The normalized spacial score (nSPS) is 11.3. The van der Waals surface area contributed by atoms with Gasteiger partial charge in [-0.15, -0.1) is 11.3 Å². The van der Waals surface area contributed by atoms with Crippen LogP contribution in [0.25, 0.3) is 22.4 Å². The fraction of sp³-hybridized carbons (Fsp3) is 0. The smallest absolute Gasteiger partial charge is 0.258 e. The Bertz CT molecular complexity index is 858. The van der Waals surface area contributed by atoms with Gasteiger partial charge in [-0.05, 0) is 23.8 Å². The van der Waals surface area contributed by atoms with E-state index in [0.29, 0.717) is 5.02 Å². The summed E-state index contributed by atoms with van der Waals surface area (Å²) in [6.07, 6.45) is 3.74. The maximum Gasteiger partial charge on any atom is 0.270 e. The van der Waals surface area contributed by atoms with E-state index in [9.17, 15) is 10.1 Å². The van der Waals surface area contributed by atoms with Gasteiger partial charge in [0.2, 0.25) is 0 Å². The predicted molar refractivity (Wildman–Crippen MR) is 86.7 cm³/mol. The van der Waals surface area contributed by atoms with Gasteiger partial charge in [0.1, 0.15) is 5.01 Å². The zero-order chi connectivity index (χ0) is 14.8. The first-order chi connectivity index (χ1) is 10.1. The van der Waals surface area contributed by atoms with E-state index in [4.69, 9.17) is 11.6 Å². The summed E-state index contributed by atoms with van der Waals surface area (Å²) >= 11 is 7.49. The Kier molecular flexibility index (Phi) is 3.68. The molecule has 0 bridgehead atoms. The molecule has 3 aromatic rings. The van der Waals surface area contributed by atoms with E-state index in [1.807, 2.05) is 36.4 Å². The van der Waals surface area contributed by atoms with Gasteiger partial charge in [0.25, 0.3) is 5.69 Å². The number of nitro groups is 1. The Hall–Kier alpha value is -2.24. The number of nitro benzene ring substituents is 1. The van der Waals surface area contributed by atoms with Gasteiger partial charge in [-0.3, -0.25) is 10.1 Å². The molecular weight excluding hydrogens is 308 g/mol. The first-order valence-electron chi connectivity index (χ1n) is 6.11. The van der Waals surface area contributed by atoms with Gasteiger partial charge >= 0.3 is 0 Å². The molecule has 4 nitrogen and oxygen atoms in total. The minimum absolute atomic E-state index is 0.0767. The van der Waals surface area contributed by atoms with Gasteiger partial charge in [-0.25, -0.2) is 4.98 Å². The van der Waals surface area contributed by atoms with Crippen LogP contribution in [-0.2, 0) is 0 Å². The molecule has 0 saturated carbocycles. The lowest BCUT2D eigenvalue weighted by Crippen LogP contribution is -1.85. The number of hydrogen-bond acceptors (Lipinski definition) is 4. The molecule has 6 heteroatoms. The maximum absolute atomic E-state index is 10.8. The summed E-state index contributed by atoms with van der Waals surface area (Å²) in [7, 11) is 0. The molecule has 2 aromatic carbocycles. The number of fused-ring (bicyclic) bond motifs is 1. The van der Waals surface area contributed by atoms with Gasteiger partial charge in [0, 0.05) is 17.2 Å². The molecular formula is C15H9ClN2O2S. The Morgan fingerprint density at radius 1 is 1.19 bits per heavy atom. The number of nitrogens with zero attached hydrogens (tertiary/aromatic N) is 2. The van der Waals surface area contributed by atoms with Crippen molar-refractivity contribution in [2.75, 3.05) is 0 Å².